The molecule has 1 aliphatic heterocycles. The van der Waals surface area contributed by atoms with Crippen molar-refractivity contribution >= 4 is 29.3 Å². The molecule has 2 N–H and O–H groups in total. The number of aromatic nitrogens is 3. The predicted molar refractivity (Wildman–Crippen MR) is 153 cm³/mol. The van der Waals surface area contributed by atoms with Crippen LogP contribution in [-0.2, 0) is 17.0 Å². The van der Waals surface area contributed by atoms with Crippen molar-refractivity contribution < 1.29 is 9.53 Å². The number of nitrogens with one attached hydrogen (secondary N) is 2. The number of benzene rings is 3. The van der Waals surface area contributed by atoms with Crippen LogP contribution in [0.2, 0.25) is 0 Å². The fourth-order valence-electron chi connectivity index (χ4n) is 4.55. The highest BCUT2D eigenvalue weighted by molar-refractivity contribution is 7.98. The summed E-state index contributed by atoms with van der Waals surface area (Å²) < 4.78 is 7.07. The lowest BCUT2D eigenvalue weighted by Gasteiger charge is -2.28. The summed E-state index contributed by atoms with van der Waals surface area (Å²) in [5, 5.41) is 11.9. The number of rotatable bonds is 8. The van der Waals surface area contributed by atoms with Crippen LogP contribution in [0, 0.1) is 6.92 Å². The molecule has 0 saturated heterocycles. The van der Waals surface area contributed by atoms with Crippen LogP contribution < -0.4 is 15.4 Å². The molecule has 0 aliphatic carbocycles. The molecule has 1 aromatic heterocycles. The Balaban J connectivity index is 1.47. The van der Waals surface area contributed by atoms with Gasteiger partial charge in [0.25, 0.3) is 5.91 Å². The van der Waals surface area contributed by atoms with Gasteiger partial charge in [-0.25, -0.2) is 4.68 Å². The zero-order valence-corrected chi connectivity index (χ0v) is 22.8. The molecule has 3 aromatic carbocycles. The molecule has 8 heteroatoms. The summed E-state index contributed by atoms with van der Waals surface area (Å²) in [6.45, 7) is 6.13. The summed E-state index contributed by atoms with van der Waals surface area (Å²) >= 11 is 1.58. The molecule has 2 heterocycles. The smallest absolute Gasteiger partial charge is 0.255 e. The fraction of sp³-hybridized carbons (Fsp3) is 0.233. The van der Waals surface area contributed by atoms with E-state index in [9.17, 15) is 4.79 Å². The van der Waals surface area contributed by atoms with Gasteiger partial charge in [-0.2, -0.15) is 4.98 Å². The van der Waals surface area contributed by atoms with Crippen molar-refractivity contribution in [3.8, 4) is 5.75 Å². The quantitative estimate of drug-likeness (QED) is 0.260. The van der Waals surface area contributed by atoms with Crippen molar-refractivity contribution in [2.24, 2.45) is 0 Å². The number of carbonyl (C=O) groups excluding carboxylic acids is 1. The molecular weight excluding hydrogens is 494 g/mol. The Kier molecular flexibility index (Phi) is 7.51. The molecule has 0 spiro atoms. The summed E-state index contributed by atoms with van der Waals surface area (Å²) in [6, 6.07) is 23.7. The van der Waals surface area contributed by atoms with Gasteiger partial charge in [0.1, 0.15) is 11.8 Å². The third kappa shape index (κ3) is 5.45. The maximum absolute atomic E-state index is 13.7. The number of fused-ring (bicyclic) bond motifs is 1. The molecule has 0 fully saturated rings. The molecule has 1 atom stereocenters. The molecule has 1 aliphatic rings. The number of nitrogens with zero attached hydrogens (tertiary/aromatic N) is 3. The van der Waals surface area contributed by atoms with Crippen LogP contribution >= 0.6 is 11.8 Å². The van der Waals surface area contributed by atoms with Crippen molar-refractivity contribution in [3.63, 3.8) is 0 Å². The average molecular weight is 526 g/mol. The number of hydrogen-bond acceptors (Lipinski definition) is 6. The predicted octanol–water partition coefficient (Wildman–Crippen LogP) is 6.38. The van der Waals surface area contributed by atoms with Gasteiger partial charge in [0.15, 0.2) is 0 Å². The van der Waals surface area contributed by atoms with E-state index in [4.69, 9.17) is 14.8 Å². The second kappa shape index (κ2) is 11.1. The van der Waals surface area contributed by atoms with E-state index in [1.165, 1.54) is 16.7 Å². The molecule has 7 nitrogen and oxygen atoms in total. The van der Waals surface area contributed by atoms with Crippen molar-refractivity contribution in [1.82, 2.24) is 14.8 Å². The number of thioether (sulfide) groups is 1. The first-order valence-electron chi connectivity index (χ1n) is 12.6. The topological polar surface area (TPSA) is 81.1 Å². The number of allylic oxidation sites excluding steroid dienone is 1. The van der Waals surface area contributed by atoms with E-state index in [0.717, 1.165) is 29.2 Å². The van der Waals surface area contributed by atoms with Crippen LogP contribution in [0.15, 0.2) is 89.2 Å². The van der Waals surface area contributed by atoms with Gasteiger partial charge in [-0.3, -0.25) is 4.79 Å². The molecule has 5 rings (SSSR count). The van der Waals surface area contributed by atoms with Crippen molar-refractivity contribution in [2.75, 3.05) is 17.7 Å². The zero-order chi connectivity index (χ0) is 26.6. The van der Waals surface area contributed by atoms with E-state index < -0.39 is 6.04 Å². The van der Waals surface area contributed by atoms with Crippen molar-refractivity contribution in [3.05, 3.63) is 106 Å². The molecular formula is C30H31N5O2S. The normalized spacial score (nSPS) is 14.6. The largest absolute Gasteiger partial charge is 0.497 e. The minimum absolute atomic E-state index is 0.195. The maximum Gasteiger partial charge on any atom is 0.255 e. The van der Waals surface area contributed by atoms with Gasteiger partial charge < -0.3 is 15.4 Å². The molecule has 1 amide bonds. The third-order valence-corrected chi connectivity index (χ3v) is 7.49. The van der Waals surface area contributed by atoms with Crippen LogP contribution in [0.1, 0.15) is 42.1 Å². The zero-order valence-electron chi connectivity index (χ0n) is 22.0. The highest BCUT2D eigenvalue weighted by atomic mass is 32.2. The molecule has 0 bridgehead atoms. The summed E-state index contributed by atoms with van der Waals surface area (Å²) in [4.78, 5) is 18.5. The van der Waals surface area contributed by atoms with E-state index in [1.54, 1.807) is 18.9 Å². The van der Waals surface area contributed by atoms with E-state index in [0.29, 0.717) is 22.4 Å². The second-order valence-corrected chi connectivity index (χ2v) is 10.2. The Morgan fingerprint density at radius 2 is 1.82 bits per heavy atom. The molecule has 194 valence electrons. The summed E-state index contributed by atoms with van der Waals surface area (Å²) in [5.41, 5.74) is 6.69. The number of ether oxygens (including phenoxy) is 1. The standard InChI is InChI=1S/C30H31N5O2S/c1-5-21-9-11-23(12-10-21)27-26(28(36)32-24-13-15-25(37-4)16-14-24)20(3)31-29-33-30(34-35(27)29)38-18-22-8-6-7-19(2)17-22/h6-17,27H,5,18H2,1-4H3,(H,32,36)(H,31,33,34). The highest BCUT2D eigenvalue weighted by Gasteiger charge is 2.34. The highest BCUT2D eigenvalue weighted by Crippen LogP contribution is 2.37. The van der Waals surface area contributed by atoms with E-state index >= 15 is 0 Å². The summed E-state index contributed by atoms with van der Waals surface area (Å²) in [7, 11) is 1.62. The van der Waals surface area contributed by atoms with Gasteiger partial charge in [0.2, 0.25) is 11.1 Å². The van der Waals surface area contributed by atoms with Gasteiger partial charge in [-0.05, 0) is 61.2 Å². The lowest BCUT2D eigenvalue weighted by Crippen LogP contribution is -2.31. The van der Waals surface area contributed by atoms with Crippen molar-refractivity contribution in [2.45, 2.75) is 44.1 Å². The number of methoxy groups -OCH3 is 1. The van der Waals surface area contributed by atoms with Gasteiger partial charge in [0.05, 0.1) is 12.7 Å². The van der Waals surface area contributed by atoms with Gasteiger partial charge in [-0.1, -0.05) is 72.8 Å². The first kappa shape index (κ1) is 25.6. The Morgan fingerprint density at radius 1 is 1.05 bits per heavy atom. The summed E-state index contributed by atoms with van der Waals surface area (Å²) in [5.74, 6) is 1.92. The van der Waals surface area contributed by atoms with E-state index in [2.05, 4.69) is 73.0 Å². The minimum Gasteiger partial charge on any atom is -0.497 e. The minimum atomic E-state index is -0.420. The number of carbonyl (C=O) groups is 1. The number of amides is 1. The number of hydrogen-bond donors (Lipinski definition) is 2. The van der Waals surface area contributed by atoms with Gasteiger partial charge in [0, 0.05) is 17.1 Å². The first-order chi connectivity index (χ1) is 18.4. The van der Waals surface area contributed by atoms with Crippen LogP contribution in [0.25, 0.3) is 0 Å². The Hall–Kier alpha value is -4.04. The van der Waals surface area contributed by atoms with Crippen LogP contribution in [-0.4, -0.2) is 27.8 Å². The lowest BCUT2D eigenvalue weighted by atomic mass is 9.94. The van der Waals surface area contributed by atoms with E-state index in [1.807, 2.05) is 35.9 Å². The summed E-state index contributed by atoms with van der Waals surface area (Å²) in [6.07, 6.45) is 0.945. The molecule has 0 saturated carbocycles. The number of anilines is 2. The average Bonchev–Trinajstić information content (AvgIpc) is 3.34. The Bertz CT molecular complexity index is 1480. The SMILES string of the molecule is CCc1ccc(C2C(C(=O)Nc3ccc(OC)cc3)=C(C)Nc3nc(SCc4cccc(C)c4)nn32)cc1. The Morgan fingerprint density at radius 3 is 2.50 bits per heavy atom. The second-order valence-electron chi connectivity index (χ2n) is 9.28. The third-order valence-electron chi connectivity index (χ3n) is 6.58. The van der Waals surface area contributed by atoms with Crippen molar-refractivity contribution in [1.29, 1.82) is 0 Å². The maximum atomic E-state index is 13.7. The monoisotopic (exact) mass is 525 g/mol. The van der Waals surface area contributed by atoms with Crippen LogP contribution in [0.3, 0.4) is 0 Å². The molecule has 38 heavy (non-hydrogen) atoms. The number of aryl methyl sites for hydroxylation is 2. The molecule has 0 radical (unpaired) electrons. The van der Waals surface area contributed by atoms with Gasteiger partial charge >= 0.3 is 0 Å². The van der Waals surface area contributed by atoms with Gasteiger partial charge in [-0.15, -0.1) is 5.10 Å². The molecule has 1 unspecified atom stereocenters. The molecule has 4 aromatic rings. The Labute approximate surface area is 227 Å². The van der Waals surface area contributed by atoms with E-state index in [-0.39, 0.29) is 5.91 Å². The fourth-order valence-corrected chi connectivity index (χ4v) is 5.33. The first-order valence-corrected chi connectivity index (χ1v) is 13.6. The van der Waals surface area contributed by atoms with Crippen LogP contribution in [0.4, 0.5) is 11.6 Å². The lowest BCUT2D eigenvalue weighted by molar-refractivity contribution is -0.113. The van der Waals surface area contributed by atoms with Crippen LogP contribution in [0.5, 0.6) is 5.75 Å².